The van der Waals surface area contributed by atoms with Crippen LogP contribution in [0.1, 0.15) is 55.6 Å². The lowest BCUT2D eigenvalue weighted by molar-refractivity contribution is -0.140. The summed E-state index contributed by atoms with van der Waals surface area (Å²) < 4.78 is 5.71. The highest BCUT2D eigenvalue weighted by atomic mass is 16.5. The molecule has 2 atom stereocenters. The van der Waals surface area contributed by atoms with Crippen LogP contribution < -0.4 is 10.6 Å². The molecule has 3 N–H and O–H groups in total. The molecule has 1 saturated carbocycles. The first-order valence-corrected chi connectivity index (χ1v) is 12.3. The summed E-state index contributed by atoms with van der Waals surface area (Å²) in [6.45, 7) is 0.184. The first-order valence-electron chi connectivity index (χ1n) is 12.3. The molecule has 0 radical (unpaired) electrons. The van der Waals surface area contributed by atoms with Crippen molar-refractivity contribution in [2.75, 3.05) is 6.61 Å². The normalized spacial score (nSPS) is 22.2. The topological polar surface area (TPSA) is 105 Å². The Kier molecular flexibility index (Phi) is 6.32. The zero-order chi connectivity index (χ0) is 24.4. The molecular formula is C28H30N2O5. The van der Waals surface area contributed by atoms with Crippen LogP contribution in [0.25, 0.3) is 11.1 Å². The lowest BCUT2D eigenvalue weighted by Gasteiger charge is -2.37. The van der Waals surface area contributed by atoms with Crippen LogP contribution in [0.4, 0.5) is 4.79 Å². The largest absolute Gasteiger partial charge is 0.481 e. The van der Waals surface area contributed by atoms with Gasteiger partial charge in [0.05, 0.1) is 5.92 Å². The summed E-state index contributed by atoms with van der Waals surface area (Å²) in [5.41, 5.74) is 3.53. The second-order valence-corrected chi connectivity index (χ2v) is 9.74. The molecule has 7 nitrogen and oxygen atoms in total. The second kappa shape index (κ2) is 9.56. The number of aliphatic carboxylic acids is 1. The maximum atomic E-state index is 13.3. The number of hydrogen-bond acceptors (Lipinski definition) is 4. The Morgan fingerprint density at radius 3 is 2.14 bits per heavy atom. The Morgan fingerprint density at radius 1 is 0.914 bits per heavy atom. The summed E-state index contributed by atoms with van der Waals surface area (Å²) >= 11 is 0. The van der Waals surface area contributed by atoms with E-state index in [9.17, 15) is 19.5 Å². The van der Waals surface area contributed by atoms with Crippen molar-refractivity contribution in [2.45, 2.75) is 56.0 Å². The Labute approximate surface area is 204 Å². The maximum absolute atomic E-state index is 13.3. The van der Waals surface area contributed by atoms with E-state index in [1.165, 1.54) is 0 Å². The van der Waals surface area contributed by atoms with Crippen molar-refractivity contribution in [3.8, 4) is 11.1 Å². The zero-order valence-corrected chi connectivity index (χ0v) is 19.5. The van der Waals surface area contributed by atoms with Gasteiger partial charge >= 0.3 is 12.1 Å². The number of rotatable bonds is 6. The highest BCUT2D eigenvalue weighted by molar-refractivity contribution is 5.90. The number of nitrogens with one attached hydrogen (secondary N) is 2. The molecule has 7 heteroatoms. The van der Waals surface area contributed by atoms with Gasteiger partial charge in [-0.1, -0.05) is 79.9 Å². The number of alkyl carbamates (subject to hydrolysis) is 1. The predicted octanol–water partition coefficient (Wildman–Crippen LogP) is 4.37. The van der Waals surface area contributed by atoms with Gasteiger partial charge in [0, 0.05) is 12.0 Å². The molecular weight excluding hydrogens is 444 g/mol. The molecule has 1 fully saturated rings. The lowest BCUT2D eigenvalue weighted by Crippen LogP contribution is -2.61. The number of benzene rings is 2. The Bertz CT molecular complexity index is 1120. The molecule has 3 aliphatic carbocycles. The van der Waals surface area contributed by atoms with Crippen LogP contribution in [0.15, 0.2) is 60.7 Å². The Balaban J connectivity index is 1.26. The standard InChI is InChI=1S/C28H30N2O5/c31-25(32)18-12-13-19(16-18)29-26(33)28(14-6-1-7-15-28)30-27(34)35-17-24-22-10-4-2-8-20(22)21-9-3-5-11-23(21)24/h2-5,8-13,18-19,24H,1,6-7,14-17H2,(H,29,33)(H,30,34)(H,31,32). The van der Waals surface area contributed by atoms with Crippen molar-refractivity contribution in [3.05, 3.63) is 71.8 Å². The van der Waals surface area contributed by atoms with E-state index in [-0.39, 0.29) is 24.5 Å². The number of hydrogen-bond donors (Lipinski definition) is 3. The zero-order valence-electron chi connectivity index (χ0n) is 19.5. The molecule has 2 aromatic rings. The Morgan fingerprint density at radius 2 is 1.54 bits per heavy atom. The molecule has 2 aromatic carbocycles. The third-order valence-electron chi connectivity index (χ3n) is 7.54. The van der Waals surface area contributed by atoms with Crippen LogP contribution in [-0.2, 0) is 14.3 Å². The van der Waals surface area contributed by atoms with Gasteiger partial charge in [0.2, 0.25) is 5.91 Å². The molecule has 0 bridgehead atoms. The van der Waals surface area contributed by atoms with Gasteiger partial charge in [-0.3, -0.25) is 9.59 Å². The van der Waals surface area contributed by atoms with E-state index >= 15 is 0 Å². The summed E-state index contributed by atoms with van der Waals surface area (Å²) in [6.07, 6.45) is 6.78. The van der Waals surface area contributed by atoms with Gasteiger partial charge in [0.25, 0.3) is 0 Å². The van der Waals surface area contributed by atoms with Gasteiger partial charge in [-0.2, -0.15) is 0 Å². The van der Waals surface area contributed by atoms with Crippen molar-refractivity contribution in [1.29, 1.82) is 0 Å². The van der Waals surface area contributed by atoms with Gasteiger partial charge < -0.3 is 20.5 Å². The minimum Gasteiger partial charge on any atom is -0.481 e. The minimum absolute atomic E-state index is 0.0548. The molecule has 0 spiro atoms. The first kappa shape index (κ1) is 23.1. The maximum Gasteiger partial charge on any atom is 0.408 e. The van der Waals surface area contributed by atoms with Gasteiger partial charge in [-0.15, -0.1) is 0 Å². The van der Waals surface area contributed by atoms with Crippen LogP contribution in [0.3, 0.4) is 0 Å². The van der Waals surface area contributed by atoms with E-state index in [1.807, 2.05) is 24.3 Å². The lowest BCUT2D eigenvalue weighted by atomic mass is 9.80. The molecule has 5 rings (SSSR count). The van der Waals surface area contributed by atoms with E-state index in [0.717, 1.165) is 41.5 Å². The minimum atomic E-state index is -1.05. The van der Waals surface area contributed by atoms with Crippen LogP contribution in [0.5, 0.6) is 0 Å². The SMILES string of the molecule is O=C(NC1(C(=O)NC2C=CC(C(=O)O)C2)CCCCC1)OCC1c2ccccc2-c2ccccc21. The molecule has 0 saturated heterocycles. The fourth-order valence-corrected chi connectivity index (χ4v) is 5.69. The van der Waals surface area contributed by atoms with Crippen molar-refractivity contribution in [2.24, 2.45) is 5.92 Å². The third-order valence-corrected chi connectivity index (χ3v) is 7.54. The molecule has 0 aliphatic heterocycles. The number of carboxylic acid groups (broad SMARTS) is 1. The van der Waals surface area contributed by atoms with E-state index in [2.05, 4.69) is 34.9 Å². The molecule has 182 valence electrons. The van der Waals surface area contributed by atoms with Gasteiger partial charge in [-0.05, 0) is 41.5 Å². The molecule has 0 heterocycles. The number of amides is 2. The molecule has 3 aliphatic rings. The quantitative estimate of drug-likeness (QED) is 0.539. The van der Waals surface area contributed by atoms with Crippen molar-refractivity contribution in [1.82, 2.24) is 10.6 Å². The van der Waals surface area contributed by atoms with E-state index in [0.29, 0.717) is 19.3 Å². The van der Waals surface area contributed by atoms with Crippen LogP contribution in [0, 0.1) is 5.92 Å². The number of carbonyl (C=O) groups is 3. The summed E-state index contributed by atoms with van der Waals surface area (Å²) in [5, 5.41) is 15.1. The average molecular weight is 475 g/mol. The summed E-state index contributed by atoms with van der Waals surface area (Å²) in [7, 11) is 0. The summed E-state index contributed by atoms with van der Waals surface area (Å²) in [4.78, 5) is 37.5. The van der Waals surface area contributed by atoms with Crippen molar-refractivity contribution < 1.29 is 24.2 Å². The average Bonchev–Trinajstić information content (AvgIpc) is 3.46. The first-order chi connectivity index (χ1) is 17.0. The van der Waals surface area contributed by atoms with E-state index in [1.54, 1.807) is 12.2 Å². The van der Waals surface area contributed by atoms with Gasteiger partial charge in [0.15, 0.2) is 0 Å². The van der Waals surface area contributed by atoms with E-state index < -0.39 is 23.5 Å². The molecule has 0 aromatic heterocycles. The van der Waals surface area contributed by atoms with Gasteiger partial charge in [0.1, 0.15) is 12.1 Å². The summed E-state index contributed by atoms with van der Waals surface area (Å²) in [5.74, 6) is -1.83. The predicted molar refractivity (Wildman–Crippen MR) is 131 cm³/mol. The molecule has 2 unspecified atom stereocenters. The fraction of sp³-hybridized carbons (Fsp3) is 0.393. The Hall–Kier alpha value is -3.61. The highest BCUT2D eigenvalue weighted by Gasteiger charge is 2.43. The number of carboxylic acids is 1. The van der Waals surface area contributed by atoms with Crippen molar-refractivity contribution >= 4 is 18.0 Å². The fourth-order valence-electron chi connectivity index (χ4n) is 5.69. The van der Waals surface area contributed by atoms with Gasteiger partial charge in [-0.25, -0.2) is 4.79 Å². The van der Waals surface area contributed by atoms with Crippen LogP contribution in [0.2, 0.25) is 0 Å². The number of ether oxygens (including phenoxy) is 1. The number of carbonyl (C=O) groups excluding carboxylic acids is 2. The van der Waals surface area contributed by atoms with E-state index in [4.69, 9.17) is 4.74 Å². The monoisotopic (exact) mass is 474 g/mol. The smallest absolute Gasteiger partial charge is 0.408 e. The van der Waals surface area contributed by atoms with Crippen LogP contribution in [-0.4, -0.2) is 41.3 Å². The molecule has 2 amide bonds. The molecule has 35 heavy (non-hydrogen) atoms. The number of fused-ring (bicyclic) bond motifs is 3. The highest BCUT2D eigenvalue weighted by Crippen LogP contribution is 2.44. The van der Waals surface area contributed by atoms with Crippen molar-refractivity contribution in [3.63, 3.8) is 0 Å². The second-order valence-electron chi connectivity index (χ2n) is 9.74. The van der Waals surface area contributed by atoms with Crippen LogP contribution >= 0.6 is 0 Å². The summed E-state index contributed by atoms with van der Waals surface area (Å²) in [6, 6.07) is 15.9. The third kappa shape index (κ3) is 4.55.